The number of amides is 1. The van der Waals surface area contributed by atoms with Crippen LogP contribution in [-0.4, -0.2) is 5.91 Å². The van der Waals surface area contributed by atoms with E-state index in [0.29, 0.717) is 11.8 Å². The first-order valence-corrected chi connectivity index (χ1v) is 5.42. The number of rotatable bonds is 3. The van der Waals surface area contributed by atoms with E-state index < -0.39 is 0 Å². The van der Waals surface area contributed by atoms with Gasteiger partial charge in [-0.25, -0.2) is 0 Å². The largest absolute Gasteiger partial charge is 0.369 e. The van der Waals surface area contributed by atoms with Gasteiger partial charge in [-0.2, -0.15) is 0 Å². The van der Waals surface area contributed by atoms with Gasteiger partial charge in [0.25, 0.3) is 0 Å². The topological polar surface area (TPSA) is 43.1 Å². The highest BCUT2D eigenvalue weighted by Gasteiger charge is 2.29. The van der Waals surface area contributed by atoms with Crippen molar-refractivity contribution in [2.75, 3.05) is 0 Å². The van der Waals surface area contributed by atoms with Crippen LogP contribution in [0.2, 0.25) is 0 Å². The van der Waals surface area contributed by atoms with E-state index in [-0.39, 0.29) is 11.8 Å². The molecule has 1 aliphatic rings. The zero-order chi connectivity index (χ0) is 9.84. The molecule has 0 aromatic rings. The lowest BCUT2D eigenvalue weighted by atomic mass is 9.75. The van der Waals surface area contributed by atoms with Crippen molar-refractivity contribution >= 4 is 5.91 Å². The molecule has 76 valence electrons. The Balaban J connectivity index is 2.57. The Kier molecular flexibility index (Phi) is 3.76. The Labute approximate surface area is 80.9 Å². The van der Waals surface area contributed by atoms with Gasteiger partial charge < -0.3 is 5.73 Å². The normalized spacial score (nSPS) is 21.8. The molecule has 1 unspecified atom stereocenters. The second-order valence-electron chi connectivity index (χ2n) is 4.57. The van der Waals surface area contributed by atoms with E-state index in [1.807, 2.05) is 0 Å². The molecule has 0 aromatic carbocycles. The van der Waals surface area contributed by atoms with Crippen molar-refractivity contribution in [2.45, 2.75) is 46.0 Å². The third kappa shape index (κ3) is 2.71. The van der Waals surface area contributed by atoms with Crippen molar-refractivity contribution in [1.82, 2.24) is 0 Å². The molecule has 2 N–H and O–H groups in total. The average molecular weight is 183 g/mol. The first-order chi connectivity index (χ1) is 6.13. The van der Waals surface area contributed by atoms with E-state index in [1.165, 1.54) is 32.1 Å². The van der Waals surface area contributed by atoms with Gasteiger partial charge in [0.15, 0.2) is 0 Å². The predicted molar refractivity (Wildman–Crippen MR) is 54.1 cm³/mol. The highest BCUT2D eigenvalue weighted by molar-refractivity contribution is 5.77. The molecule has 0 saturated heterocycles. The van der Waals surface area contributed by atoms with E-state index in [4.69, 9.17) is 5.73 Å². The summed E-state index contributed by atoms with van der Waals surface area (Å²) in [6, 6.07) is 0. The van der Waals surface area contributed by atoms with Gasteiger partial charge in [-0.05, 0) is 24.7 Å². The van der Waals surface area contributed by atoms with Crippen LogP contribution in [0.25, 0.3) is 0 Å². The number of carbonyl (C=O) groups excluding carboxylic acids is 1. The van der Waals surface area contributed by atoms with Crippen molar-refractivity contribution in [1.29, 1.82) is 0 Å². The summed E-state index contributed by atoms with van der Waals surface area (Å²) in [6.07, 6.45) is 6.29. The molecule has 0 bridgehead atoms. The Morgan fingerprint density at radius 3 is 2.15 bits per heavy atom. The van der Waals surface area contributed by atoms with Crippen LogP contribution in [0.5, 0.6) is 0 Å². The van der Waals surface area contributed by atoms with E-state index >= 15 is 0 Å². The van der Waals surface area contributed by atoms with Crippen LogP contribution in [0, 0.1) is 17.8 Å². The molecule has 2 nitrogen and oxygen atoms in total. The van der Waals surface area contributed by atoms with Gasteiger partial charge in [0.2, 0.25) is 5.91 Å². The van der Waals surface area contributed by atoms with Gasteiger partial charge in [0.05, 0.1) is 0 Å². The molecule has 0 aliphatic heterocycles. The summed E-state index contributed by atoms with van der Waals surface area (Å²) in [5.74, 6) is 0.981. The maximum Gasteiger partial charge on any atom is 0.221 e. The minimum absolute atomic E-state index is 0.0955. The van der Waals surface area contributed by atoms with Crippen LogP contribution in [-0.2, 0) is 4.79 Å². The van der Waals surface area contributed by atoms with Gasteiger partial charge in [-0.1, -0.05) is 33.1 Å². The number of primary amides is 1. The molecule has 0 spiro atoms. The minimum atomic E-state index is -0.0955. The molecule has 1 rings (SSSR count). The fraction of sp³-hybridized carbons (Fsp3) is 0.909. The zero-order valence-corrected chi connectivity index (χ0v) is 8.75. The van der Waals surface area contributed by atoms with Crippen LogP contribution < -0.4 is 5.73 Å². The SMILES string of the molecule is CC(C)C(C(N)=O)C1CCCCC1. The van der Waals surface area contributed by atoms with Gasteiger partial charge in [0, 0.05) is 5.92 Å². The third-order valence-corrected chi connectivity index (χ3v) is 3.20. The molecule has 1 amide bonds. The summed E-state index contributed by atoms with van der Waals surface area (Å²) in [4.78, 5) is 11.3. The Hall–Kier alpha value is -0.530. The maximum atomic E-state index is 11.3. The second kappa shape index (κ2) is 4.64. The number of nitrogens with two attached hydrogens (primary N) is 1. The van der Waals surface area contributed by atoms with Gasteiger partial charge in [-0.15, -0.1) is 0 Å². The first kappa shape index (κ1) is 10.6. The summed E-state index contributed by atoms with van der Waals surface area (Å²) in [5.41, 5.74) is 5.43. The van der Waals surface area contributed by atoms with E-state index in [2.05, 4.69) is 13.8 Å². The van der Waals surface area contributed by atoms with Crippen LogP contribution in [0.1, 0.15) is 46.0 Å². The summed E-state index contributed by atoms with van der Waals surface area (Å²) >= 11 is 0. The lowest BCUT2D eigenvalue weighted by Crippen LogP contribution is -2.34. The maximum absolute atomic E-state index is 11.3. The molecule has 0 heterocycles. The molecule has 1 saturated carbocycles. The van der Waals surface area contributed by atoms with Crippen molar-refractivity contribution < 1.29 is 4.79 Å². The zero-order valence-electron chi connectivity index (χ0n) is 8.75. The molecule has 1 fully saturated rings. The lowest BCUT2D eigenvalue weighted by Gasteiger charge is -2.30. The fourth-order valence-electron chi connectivity index (χ4n) is 2.60. The highest BCUT2D eigenvalue weighted by atomic mass is 16.1. The third-order valence-electron chi connectivity index (χ3n) is 3.20. The average Bonchev–Trinajstić information content (AvgIpc) is 2.04. The number of carbonyl (C=O) groups is 1. The fourth-order valence-corrected chi connectivity index (χ4v) is 2.60. The van der Waals surface area contributed by atoms with Crippen LogP contribution >= 0.6 is 0 Å². The van der Waals surface area contributed by atoms with Crippen LogP contribution in [0.3, 0.4) is 0 Å². The smallest absolute Gasteiger partial charge is 0.221 e. The molecule has 1 aliphatic carbocycles. The van der Waals surface area contributed by atoms with Crippen LogP contribution in [0.15, 0.2) is 0 Å². The van der Waals surface area contributed by atoms with Gasteiger partial charge in [-0.3, -0.25) is 4.79 Å². The van der Waals surface area contributed by atoms with E-state index in [9.17, 15) is 4.79 Å². The molecule has 2 heteroatoms. The van der Waals surface area contributed by atoms with Crippen molar-refractivity contribution in [3.8, 4) is 0 Å². The van der Waals surface area contributed by atoms with E-state index in [1.54, 1.807) is 0 Å². The van der Waals surface area contributed by atoms with Gasteiger partial charge in [0.1, 0.15) is 0 Å². The highest BCUT2D eigenvalue weighted by Crippen LogP contribution is 2.33. The lowest BCUT2D eigenvalue weighted by molar-refractivity contribution is -0.125. The summed E-state index contributed by atoms with van der Waals surface area (Å²) in [5, 5.41) is 0. The molecule has 0 radical (unpaired) electrons. The van der Waals surface area contributed by atoms with Crippen molar-refractivity contribution in [3.63, 3.8) is 0 Å². The standard InChI is InChI=1S/C11H21NO/c1-8(2)10(11(12)13)9-6-4-3-5-7-9/h8-10H,3-7H2,1-2H3,(H2,12,13). The Morgan fingerprint density at radius 1 is 1.23 bits per heavy atom. The van der Waals surface area contributed by atoms with E-state index in [0.717, 1.165) is 0 Å². The Bertz CT molecular complexity index is 171. The summed E-state index contributed by atoms with van der Waals surface area (Å²) in [6.45, 7) is 4.20. The van der Waals surface area contributed by atoms with Crippen molar-refractivity contribution in [2.24, 2.45) is 23.5 Å². The molecule has 13 heavy (non-hydrogen) atoms. The Morgan fingerprint density at radius 2 is 1.77 bits per heavy atom. The summed E-state index contributed by atoms with van der Waals surface area (Å²) < 4.78 is 0. The molecular weight excluding hydrogens is 162 g/mol. The number of hydrogen-bond donors (Lipinski definition) is 1. The van der Waals surface area contributed by atoms with Crippen molar-refractivity contribution in [3.05, 3.63) is 0 Å². The molecular formula is C11H21NO. The molecule has 1 atom stereocenters. The van der Waals surface area contributed by atoms with Gasteiger partial charge >= 0.3 is 0 Å². The minimum Gasteiger partial charge on any atom is -0.369 e. The molecule has 0 aromatic heterocycles. The second-order valence-corrected chi connectivity index (χ2v) is 4.57. The number of hydrogen-bond acceptors (Lipinski definition) is 1. The quantitative estimate of drug-likeness (QED) is 0.717. The monoisotopic (exact) mass is 183 g/mol. The van der Waals surface area contributed by atoms with Crippen LogP contribution in [0.4, 0.5) is 0 Å². The predicted octanol–water partition coefficient (Wildman–Crippen LogP) is 2.32. The summed E-state index contributed by atoms with van der Waals surface area (Å²) in [7, 11) is 0. The first-order valence-electron chi connectivity index (χ1n) is 5.42.